The van der Waals surface area contributed by atoms with Crippen LogP contribution in [0.5, 0.6) is 0 Å². The molecule has 3 heteroatoms. The van der Waals surface area contributed by atoms with E-state index in [0.29, 0.717) is 0 Å². The Morgan fingerprint density at radius 2 is 0.762 bits per heavy atom. The molecular formula is C18H38BrClMg. The fraction of sp³-hybridized carbons (Fsp3) is 0.944. The molecule has 0 rings (SSSR count). The second-order valence-electron chi connectivity index (χ2n) is 5.80. The third-order valence-electron chi connectivity index (χ3n) is 3.85. The zero-order valence-electron chi connectivity index (χ0n) is 14.5. The molecular weight excluding hydrogens is 356 g/mol. The van der Waals surface area contributed by atoms with E-state index in [1.807, 2.05) is 0 Å². The number of halogens is 2. The zero-order chi connectivity index (χ0) is 13.3. The summed E-state index contributed by atoms with van der Waals surface area (Å²) < 4.78 is 0. The SMILES string of the molecule is Cl.[Br-].[CH2-]CCCCCCCCCCCCCCCCC.[Mg+2]. The van der Waals surface area contributed by atoms with Gasteiger partial charge in [0.25, 0.3) is 0 Å². The fourth-order valence-corrected chi connectivity index (χ4v) is 2.55. The molecule has 0 amide bonds. The van der Waals surface area contributed by atoms with Crippen molar-refractivity contribution in [2.45, 2.75) is 110 Å². The van der Waals surface area contributed by atoms with Crippen molar-refractivity contribution in [2.75, 3.05) is 0 Å². The van der Waals surface area contributed by atoms with Gasteiger partial charge in [0.1, 0.15) is 0 Å². The van der Waals surface area contributed by atoms with E-state index in [2.05, 4.69) is 13.8 Å². The molecule has 0 aromatic heterocycles. The maximum absolute atomic E-state index is 3.88. The summed E-state index contributed by atoms with van der Waals surface area (Å²) in [6.45, 7) is 6.18. The van der Waals surface area contributed by atoms with Gasteiger partial charge in [-0.05, 0) is 0 Å². The van der Waals surface area contributed by atoms with Crippen LogP contribution in [0.3, 0.4) is 0 Å². The van der Waals surface area contributed by atoms with Crippen molar-refractivity contribution < 1.29 is 17.0 Å². The van der Waals surface area contributed by atoms with Crippen LogP contribution < -0.4 is 17.0 Å². The standard InChI is InChI=1S/C18H37.BrH.ClH.Mg/c1-3-5-7-9-11-13-15-17-18-16-14-12-10-8-6-4-2;;;/h1,3-18H2,2H3;2*1H;/q-1;;;+2/p-1. The van der Waals surface area contributed by atoms with Crippen LogP contribution in [0.4, 0.5) is 0 Å². The monoisotopic (exact) mass is 392 g/mol. The van der Waals surface area contributed by atoms with E-state index in [1.54, 1.807) is 0 Å². The minimum atomic E-state index is 0. The van der Waals surface area contributed by atoms with Crippen LogP contribution in [-0.4, -0.2) is 23.1 Å². The van der Waals surface area contributed by atoms with Gasteiger partial charge in [0.2, 0.25) is 0 Å². The third-order valence-corrected chi connectivity index (χ3v) is 3.85. The maximum atomic E-state index is 3.88. The third kappa shape index (κ3) is 30.1. The molecule has 0 aromatic rings. The largest absolute Gasteiger partial charge is 2.00 e. The normalized spacial score (nSPS) is 9.43. The summed E-state index contributed by atoms with van der Waals surface area (Å²) in [5, 5.41) is 0. The van der Waals surface area contributed by atoms with Crippen LogP contribution >= 0.6 is 12.4 Å². The van der Waals surface area contributed by atoms with Gasteiger partial charge in [-0.1, -0.05) is 103 Å². The molecule has 0 saturated carbocycles. The van der Waals surface area contributed by atoms with Gasteiger partial charge in [-0.2, -0.15) is 6.42 Å². The molecule has 0 radical (unpaired) electrons. The predicted octanol–water partition coefficient (Wildman–Crippen LogP) is 4.13. The fourth-order valence-electron chi connectivity index (χ4n) is 2.55. The number of hydrogen-bond donors (Lipinski definition) is 0. The Labute approximate surface area is 168 Å². The Hall–Kier alpha value is 1.54. The quantitative estimate of drug-likeness (QED) is 0.223. The first kappa shape index (κ1) is 30.4. The first-order valence-electron chi connectivity index (χ1n) is 8.71. The van der Waals surface area contributed by atoms with Gasteiger partial charge in [0, 0.05) is 0 Å². The van der Waals surface area contributed by atoms with Gasteiger partial charge < -0.3 is 23.9 Å². The van der Waals surface area contributed by atoms with Crippen LogP contribution in [0.25, 0.3) is 0 Å². The summed E-state index contributed by atoms with van der Waals surface area (Å²) in [5.74, 6) is 0. The van der Waals surface area contributed by atoms with Gasteiger partial charge in [-0.15, -0.1) is 12.4 Å². The second-order valence-corrected chi connectivity index (χ2v) is 5.80. The van der Waals surface area contributed by atoms with Crippen molar-refractivity contribution in [1.29, 1.82) is 0 Å². The molecule has 0 spiro atoms. The van der Waals surface area contributed by atoms with E-state index in [1.165, 1.54) is 96.3 Å². The van der Waals surface area contributed by atoms with Gasteiger partial charge in [0.15, 0.2) is 0 Å². The van der Waals surface area contributed by atoms with Gasteiger partial charge >= 0.3 is 23.1 Å². The first-order chi connectivity index (χ1) is 8.91. The minimum absolute atomic E-state index is 0. The van der Waals surface area contributed by atoms with Crippen molar-refractivity contribution in [3.05, 3.63) is 6.92 Å². The van der Waals surface area contributed by atoms with E-state index in [9.17, 15) is 0 Å². The topological polar surface area (TPSA) is 0 Å². The number of hydrogen-bond acceptors (Lipinski definition) is 0. The van der Waals surface area contributed by atoms with Gasteiger partial charge in [-0.25, -0.2) is 0 Å². The van der Waals surface area contributed by atoms with Crippen LogP contribution in [0.1, 0.15) is 110 Å². The van der Waals surface area contributed by atoms with Crippen LogP contribution in [0, 0.1) is 6.92 Å². The molecule has 21 heavy (non-hydrogen) atoms. The summed E-state index contributed by atoms with van der Waals surface area (Å²) in [5.41, 5.74) is 0. The molecule has 0 saturated heterocycles. The molecule has 0 heterocycles. The van der Waals surface area contributed by atoms with E-state index in [-0.39, 0.29) is 52.4 Å². The Morgan fingerprint density at radius 3 is 1.00 bits per heavy atom. The van der Waals surface area contributed by atoms with Crippen LogP contribution in [0.2, 0.25) is 0 Å². The molecule has 0 aliphatic carbocycles. The number of rotatable bonds is 15. The Bertz CT molecular complexity index is 129. The summed E-state index contributed by atoms with van der Waals surface area (Å²) in [6, 6.07) is 0. The Morgan fingerprint density at radius 1 is 0.524 bits per heavy atom. The van der Waals surface area contributed by atoms with Crippen LogP contribution in [0.15, 0.2) is 0 Å². The molecule has 0 N–H and O–H groups in total. The predicted molar refractivity (Wildman–Crippen MR) is 97.9 cm³/mol. The van der Waals surface area contributed by atoms with Crippen molar-refractivity contribution in [3.63, 3.8) is 0 Å². The van der Waals surface area contributed by atoms with Crippen molar-refractivity contribution >= 4 is 35.5 Å². The second kappa shape index (κ2) is 29.5. The van der Waals surface area contributed by atoms with Crippen molar-refractivity contribution in [2.24, 2.45) is 0 Å². The Balaban J connectivity index is -0.000000482. The molecule has 0 atom stereocenters. The van der Waals surface area contributed by atoms with E-state index in [4.69, 9.17) is 0 Å². The molecule has 126 valence electrons. The van der Waals surface area contributed by atoms with Gasteiger partial charge in [0.05, 0.1) is 0 Å². The van der Waals surface area contributed by atoms with Crippen LogP contribution in [-0.2, 0) is 0 Å². The van der Waals surface area contributed by atoms with Crippen molar-refractivity contribution in [1.82, 2.24) is 0 Å². The zero-order valence-corrected chi connectivity index (χ0v) is 18.3. The molecule has 0 unspecified atom stereocenters. The summed E-state index contributed by atoms with van der Waals surface area (Å²) in [6.07, 6.45) is 22.8. The molecule has 0 aromatic carbocycles. The molecule has 0 bridgehead atoms. The average Bonchev–Trinajstić information content (AvgIpc) is 2.39. The summed E-state index contributed by atoms with van der Waals surface area (Å²) in [4.78, 5) is 0. The summed E-state index contributed by atoms with van der Waals surface area (Å²) in [7, 11) is 0. The first-order valence-corrected chi connectivity index (χ1v) is 8.71. The maximum Gasteiger partial charge on any atom is 2.00 e. The summed E-state index contributed by atoms with van der Waals surface area (Å²) >= 11 is 0. The smallest absolute Gasteiger partial charge is 1.00 e. The molecule has 0 nitrogen and oxygen atoms in total. The average molecular weight is 394 g/mol. The molecule has 0 aliphatic rings. The number of unbranched alkanes of at least 4 members (excludes halogenated alkanes) is 15. The Kier molecular flexibility index (Phi) is 42.8. The van der Waals surface area contributed by atoms with Gasteiger partial charge in [-0.3, -0.25) is 0 Å². The molecule has 0 aliphatic heterocycles. The van der Waals surface area contributed by atoms with E-state index in [0.717, 1.165) is 6.42 Å². The minimum Gasteiger partial charge on any atom is -1.00 e. The van der Waals surface area contributed by atoms with E-state index >= 15 is 0 Å². The van der Waals surface area contributed by atoms with Crippen molar-refractivity contribution in [3.8, 4) is 0 Å². The molecule has 0 fully saturated rings. The van der Waals surface area contributed by atoms with E-state index < -0.39 is 0 Å².